The van der Waals surface area contributed by atoms with Crippen molar-refractivity contribution in [3.05, 3.63) is 108 Å². The van der Waals surface area contributed by atoms with Crippen LogP contribution >= 0.6 is 0 Å². The second-order valence-corrected chi connectivity index (χ2v) is 6.94. The summed E-state index contributed by atoms with van der Waals surface area (Å²) in [6.45, 7) is 0.274. The second-order valence-electron chi connectivity index (χ2n) is 6.94. The molecule has 160 valence electrons. The summed E-state index contributed by atoms with van der Waals surface area (Å²) in [5.74, 6) is -0.832. The Morgan fingerprint density at radius 2 is 1.94 bits per heavy atom. The monoisotopic (exact) mass is 429 g/mol. The lowest BCUT2D eigenvalue weighted by Gasteiger charge is -2.12. The SMILES string of the molecule is O=C(/C=C/c1ccc(F)c(O)c1)Nc1ccccc1COc1ccc(-n2ccnc2)cc1. The number of amides is 1. The van der Waals surface area contributed by atoms with E-state index < -0.39 is 11.6 Å². The van der Waals surface area contributed by atoms with Gasteiger partial charge in [0.2, 0.25) is 5.91 Å². The van der Waals surface area contributed by atoms with Gasteiger partial charge in [-0.2, -0.15) is 0 Å². The Morgan fingerprint density at radius 3 is 2.69 bits per heavy atom. The molecule has 0 aliphatic heterocycles. The Labute approximate surface area is 184 Å². The first-order valence-electron chi connectivity index (χ1n) is 9.85. The van der Waals surface area contributed by atoms with Crippen molar-refractivity contribution < 1.29 is 19.0 Å². The van der Waals surface area contributed by atoms with Crippen molar-refractivity contribution in [1.82, 2.24) is 9.55 Å². The summed E-state index contributed by atoms with van der Waals surface area (Å²) in [4.78, 5) is 16.4. The second kappa shape index (κ2) is 9.61. The van der Waals surface area contributed by atoms with Gasteiger partial charge in [0, 0.05) is 35.4 Å². The molecule has 0 saturated carbocycles. The maximum Gasteiger partial charge on any atom is 0.248 e. The van der Waals surface area contributed by atoms with Crippen LogP contribution in [0.3, 0.4) is 0 Å². The van der Waals surface area contributed by atoms with Crippen molar-refractivity contribution in [3.63, 3.8) is 0 Å². The van der Waals surface area contributed by atoms with Gasteiger partial charge in [0.25, 0.3) is 0 Å². The largest absolute Gasteiger partial charge is 0.505 e. The Bertz CT molecular complexity index is 1240. The number of anilines is 1. The van der Waals surface area contributed by atoms with E-state index in [0.717, 1.165) is 17.3 Å². The fourth-order valence-electron chi connectivity index (χ4n) is 3.04. The molecule has 3 aromatic carbocycles. The van der Waals surface area contributed by atoms with Crippen LogP contribution in [0.25, 0.3) is 11.8 Å². The van der Waals surface area contributed by atoms with E-state index in [1.165, 1.54) is 24.3 Å². The first kappa shape index (κ1) is 20.9. The maximum absolute atomic E-state index is 13.1. The summed E-state index contributed by atoms with van der Waals surface area (Å²) in [5.41, 5.74) is 2.92. The van der Waals surface area contributed by atoms with E-state index in [-0.39, 0.29) is 12.5 Å². The van der Waals surface area contributed by atoms with E-state index >= 15 is 0 Å². The summed E-state index contributed by atoms with van der Waals surface area (Å²) >= 11 is 0. The number of aromatic hydroxyl groups is 1. The van der Waals surface area contributed by atoms with E-state index in [2.05, 4.69) is 10.3 Å². The number of ether oxygens (including phenoxy) is 1. The lowest BCUT2D eigenvalue weighted by atomic mass is 10.1. The number of phenols is 1. The predicted molar refractivity (Wildman–Crippen MR) is 120 cm³/mol. The highest BCUT2D eigenvalue weighted by atomic mass is 19.1. The number of nitrogens with zero attached hydrogens (tertiary/aromatic N) is 2. The van der Waals surface area contributed by atoms with Crippen LogP contribution < -0.4 is 10.1 Å². The standard InChI is InChI=1S/C25H20FN3O3/c26-22-11-5-18(15-24(22)30)6-12-25(31)28-23-4-2-1-3-19(23)16-32-21-9-7-20(8-10-21)29-14-13-27-17-29/h1-15,17,30H,16H2,(H,28,31)/b12-6+. The Balaban J connectivity index is 1.38. The van der Waals surface area contributed by atoms with Gasteiger partial charge >= 0.3 is 0 Å². The van der Waals surface area contributed by atoms with Crippen molar-refractivity contribution >= 4 is 17.7 Å². The topological polar surface area (TPSA) is 76.4 Å². The van der Waals surface area contributed by atoms with Gasteiger partial charge in [0.1, 0.15) is 12.4 Å². The molecular weight excluding hydrogens is 409 g/mol. The van der Waals surface area contributed by atoms with Crippen LogP contribution in [0, 0.1) is 5.82 Å². The molecule has 0 spiro atoms. The molecule has 32 heavy (non-hydrogen) atoms. The van der Waals surface area contributed by atoms with Gasteiger partial charge in [0.05, 0.1) is 6.33 Å². The fourth-order valence-corrected chi connectivity index (χ4v) is 3.04. The number of carbonyl (C=O) groups excluding carboxylic acids is 1. The number of hydrogen-bond acceptors (Lipinski definition) is 4. The van der Waals surface area contributed by atoms with Crippen LogP contribution in [0.15, 0.2) is 91.5 Å². The number of para-hydroxylation sites is 1. The minimum absolute atomic E-state index is 0.274. The fraction of sp³-hybridized carbons (Fsp3) is 0.0400. The zero-order chi connectivity index (χ0) is 22.3. The molecule has 0 atom stereocenters. The zero-order valence-corrected chi connectivity index (χ0v) is 17.0. The van der Waals surface area contributed by atoms with Gasteiger partial charge in [-0.15, -0.1) is 0 Å². The first-order chi connectivity index (χ1) is 15.6. The van der Waals surface area contributed by atoms with Crippen LogP contribution in [-0.4, -0.2) is 20.6 Å². The van der Waals surface area contributed by atoms with Gasteiger partial charge in [-0.05, 0) is 54.1 Å². The summed E-state index contributed by atoms with van der Waals surface area (Å²) in [7, 11) is 0. The highest BCUT2D eigenvalue weighted by Gasteiger charge is 2.06. The van der Waals surface area contributed by atoms with Gasteiger partial charge in [0.15, 0.2) is 11.6 Å². The van der Waals surface area contributed by atoms with E-state index in [0.29, 0.717) is 17.0 Å². The molecule has 0 saturated heterocycles. The average molecular weight is 429 g/mol. The third kappa shape index (κ3) is 5.20. The van der Waals surface area contributed by atoms with Crippen LogP contribution in [0.4, 0.5) is 10.1 Å². The summed E-state index contributed by atoms with van der Waals surface area (Å²) in [6.07, 6.45) is 8.12. The van der Waals surface area contributed by atoms with Crippen molar-refractivity contribution in [2.45, 2.75) is 6.61 Å². The predicted octanol–water partition coefficient (Wildman–Crippen LogP) is 4.95. The number of benzene rings is 3. The zero-order valence-electron chi connectivity index (χ0n) is 17.0. The molecular formula is C25H20FN3O3. The summed E-state index contributed by atoms with van der Waals surface area (Å²) < 4.78 is 20.9. The maximum atomic E-state index is 13.1. The van der Waals surface area contributed by atoms with Crippen molar-refractivity contribution in [2.75, 3.05) is 5.32 Å². The first-order valence-corrected chi connectivity index (χ1v) is 9.85. The number of nitrogens with one attached hydrogen (secondary N) is 1. The number of aromatic nitrogens is 2. The molecule has 1 heterocycles. The van der Waals surface area contributed by atoms with Gasteiger partial charge in [-0.25, -0.2) is 9.37 Å². The minimum Gasteiger partial charge on any atom is -0.505 e. The molecule has 7 heteroatoms. The van der Waals surface area contributed by atoms with Gasteiger partial charge in [-0.3, -0.25) is 4.79 Å². The summed E-state index contributed by atoms with van der Waals surface area (Å²) in [5, 5.41) is 12.2. The molecule has 4 aromatic rings. The molecule has 1 amide bonds. The average Bonchev–Trinajstić information content (AvgIpc) is 3.35. The van der Waals surface area contributed by atoms with Gasteiger partial charge in [-0.1, -0.05) is 24.3 Å². The Morgan fingerprint density at radius 1 is 1.12 bits per heavy atom. The lowest BCUT2D eigenvalue weighted by Crippen LogP contribution is -2.10. The number of halogens is 1. The molecule has 0 fully saturated rings. The van der Waals surface area contributed by atoms with Crippen LogP contribution in [-0.2, 0) is 11.4 Å². The van der Waals surface area contributed by atoms with Crippen molar-refractivity contribution in [1.29, 1.82) is 0 Å². The van der Waals surface area contributed by atoms with Crippen LogP contribution in [0.1, 0.15) is 11.1 Å². The molecule has 0 unspecified atom stereocenters. The minimum atomic E-state index is -0.711. The number of phenolic OH excluding ortho intramolecular Hbond substituents is 1. The highest BCUT2D eigenvalue weighted by molar-refractivity contribution is 6.02. The third-order valence-electron chi connectivity index (χ3n) is 4.71. The van der Waals surface area contributed by atoms with E-state index in [4.69, 9.17) is 4.74 Å². The smallest absolute Gasteiger partial charge is 0.248 e. The van der Waals surface area contributed by atoms with Crippen LogP contribution in [0.2, 0.25) is 0 Å². The molecule has 0 aliphatic rings. The molecule has 0 bridgehead atoms. The lowest BCUT2D eigenvalue weighted by molar-refractivity contribution is -0.111. The van der Waals surface area contributed by atoms with Gasteiger partial charge < -0.3 is 19.7 Å². The Hall–Kier alpha value is -4.39. The van der Waals surface area contributed by atoms with E-state index in [1.54, 1.807) is 18.6 Å². The van der Waals surface area contributed by atoms with Crippen LogP contribution in [0.5, 0.6) is 11.5 Å². The third-order valence-corrected chi connectivity index (χ3v) is 4.71. The molecule has 4 rings (SSSR count). The van der Waals surface area contributed by atoms with E-state index in [1.807, 2.05) is 53.2 Å². The molecule has 1 aromatic heterocycles. The molecule has 0 radical (unpaired) electrons. The molecule has 6 nitrogen and oxygen atoms in total. The number of hydrogen-bond donors (Lipinski definition) is 2. The quantitative estimate of drug-likeness (QED) is 0.408. The number of rotatable bonds is 7. The molecule has 2 N–H and O–H groups in total. The molecule has 0 aliphatic carbocycles. The normalized spacial score (nSPS) is 10.9. The van der Waals surface area contributed by atoms with Crippen molar-refractivity contribution in [3.8, 4) is 17.2 Å². The Kier molecular flexibility index (Phi) is 6.27. The number of carbonyl (C=O) groups is 1. The highest BCUT2D eigenvalue weighted by Crippen LogP contribution is 2.21. The summed E-state index contributed by atoms with van der Waals surface area (Å²) in [6, 6.07) is 18.8. The van der Waals surface area contributed by atoms with E-state index in [9.17, 15) is 14.3 Å². The number of imidazole rings is 1. The van der Waals surface area contributed by atoms with Crippen molar-refractivity contribution in [2.24, 2.45) is 0 Å².